The maximum absolute atomic E-state index is 12.0. The van der Waals surface area contributed by atoms with Crippen LogP contribution in [0.25, 0.3) is 0 Å². The number of rotatable bonds is 3. The van der Waals surface area contributed by atoms with Crippen molar-refractivity contribution in [1.29, 1.82) is 0 Å². The van der Waals surface area contributed by atoms with E-state index in [2.05, 4.69) is 10.2 Å². The first-order valence-electron chi connectivity index (χ1n) is 6.73. The molecule has 2 amide bonds. The Labute approximate surface area is 117 Å². The molecular formula is C12H21N3O5. The van der Waals surface area contributed by atoms with Gasteiger partial charge in [0.05, 0.1) is 18.8 Å². The van der Waals surface area contributed by atoms with Crippen molar-refractivity contribution >= 4 is 12.0 Å². The number of hydrogen-bond acceptors (Lipinski definition) is 5. The number of ether oxygens (including phenoxy) is 1. The van der Waals surface area contributed by atoms with Crippen LogP contribution in [-0.4, -0.2) is 90.1 Å². The molecule has 2 saturated heterocycles. The van der Waals surface area contributed by atoms with Gasteiger partial charge in [-0.3, -0.25) is 0 Å². The number of carboxylic acid groups (broad SMARTS) is 1. The first kappa shape index (κ1) is 15.0. The maximum atomic E-state index is 12.0. The molecule has 3 atom stereocenters. The predicted octanol–water partition coefficient (Wildman–Crippen LogP) is -1.45. The summed E-state index contributed by atoms with van der Waals surface area (Å²) in [5.74, 6) is -1.09. The minimum atomic E-state index is -1.09. The number of likely N-dealkylation sites (tertiary alicyclic amines) is 1. The molecule has 3 N–H and O–H groups in total. The summed E-state index contributed by atoms with van der Waals surface area (Å²) in [4.78, 5) is 26.3. The van der Waals surface area contributed by atoms with E-state index in [0.717, 1.165) is 13.1 Å². The van der Waals surface area contributed by atoms with Gasteiger partial charge >= 0.3 is 12.0 Å². The highest BCUT2D eigenvalue weighted by molar-refractivity contribution is 5.83. The first-order valence-corrected chi connectivity index (χ1v) is 6.73. The van der Waals surface area contributed by atoms with Crippen molar-refractivity contribution in [3.8, 4) is 0 Å². The van der Waals surface area contributed by atoms with Crippen molar-refractivity contribution in [2.75, 3.05) is 39.8 Å². The van der Waals surface area contributed by atoms with Crippen LogP contribution in [0, 0.1) is 0 Å². The van der Waals surface area contributed by atoms with Crippen molar-refractivity contribution in [2.24, 2.45) is 0 Å². The van der Waals surface area contributed by atoms with E-state index in [0.29, 0.717) is 13.2 Å². The van der Waals surface area contributed by atoms with Crippen molar-refractivity contribution < 1.29 is 24.5 Å². The summed E-state index contributed by atoms with van der Waals surface area (Å²) in [6.07, 6.45) is -0.793. The van der Waals surface area contributed by atoms with E-state index in [1.165, 1.54) is 4.90 Å². The molecule has 0 aromatic heterocycles. The molecule has 114 valence electrons. The number of urea groups is 1. The molecule has 0 bridgehead atoms. The SMILES string of the molecule is CN1CCOC(CNC(=O)N2CC(O)C[C@H]2C(=O)O)C1. The molecule has 2 heterocycles. The molecule has 2 aliphatic heterocycles. The van der Waals surface area contributed by atoms with E-state index in [1.54, 1.807) is 0 Å². The number of carboxylic acids is 1. The topological polar surface area (TPSA) is 102 Å². The van der Waals surface area contributed by atoms with E-state index in [1.807, 2.05) is 7.05 Å². The number of nitrogens with one attached hydrogen (secondary N) is 1. The second-order valence-corrected chi connectivity index (χ2v) is 5.34. The zero-order valence-electron chi connectivity index (χ0n) is 11.5. The van der Waals surface area contributed by atoms with Crippen molar-refractivity contribution in [2.45, 2.75) is 24.7 Å². The van der Waals surface area contributed by atoms with Crippen LogP contribution in [0.2, 0.25) is 0 Å². The summed E-state index contributed by atoms with van der Waals surface area (Å²) < 4.78 is 5.52. The molecule has 2 unspecified atom stereocenters. The molecule has 2 rings (SSSR count). The van der Waals surface area contributed by atoms with Gasteiger partial charge in [0.2, 0.25) is 0 Å². The molecule has 0 aliphatic carbocycles. The van der Waals surface area contributed by atoms with Crippen LogP contribution in [0.5, 0.6) is 0 Å². The van der Waals surface area contributed by atoms with E-state index in [9.17, 15) is 14.7 Å². The number of carbonyl (C=O) groups excluding carboxylic acids is 1. The van der Waals surface area contributed by atoms with Crippen LogP contribution in [0.15, 0.2) is 0 Å². The normalized spacial score (nSPS) is 31.3. The number of likely N-dealkylation sites (N-methyl/N-ethyl adjacent to an activating group) is 1. The molecular weight excluding hydrogens is 266 g/mol. The molecule has 8 heteroatoms. The Morgan fingerprint density at radius 1 is 1.40 bits per heavy atom. The summed E-state index contributed by atoms with van der Waals surface area (Å²) in [6.45, 7) is 2.60. The molecule has 0 aromatic carbocycles. The van der Waals surface area contributed by atoms with E-state index < -0.39 is 24.1 Å². The number of β-amino-alcohol motifs (C(OH)–C–C–N with tert-alkyl or cyclic N) is 1. The zero-order valence-corrected chi connectivity index (χ0v) is 11.5. The second kappa shape index (κ2) is 6.38. The summed E-state index contributed by atoms with van der Waals surface area (Å²) in [7, 11) is 1.98. The summed E-state index contributed by atoms with van der Waals surface area (Å²) >= 11 is 0. The Balaban J connectivity index is 1.83. The third-order valence-electron chi connectivity index (χ3n) is 3.65. The first-order chi connectivity index (χ1) is 9.47. The molecule has 0 radical (unpaired) electrons. The third-order valence-corrected chi connectivity index (χ3v) is 3.65. The van der Waals surface area contributed by atoms with Crippen molar-refractivity contribution in [3.05, 3.63) is 0 Å². The number of morpholine rings is 1. The Morgan fingerprint density at radius 2 is 2.15 bits per heavy atom. The van der Waals surface area contributed by atoms with Gasteiger partial charge in [-0.05, 0) is 7.05 Å². The van der Waals surface area contributed by atoms with E-state index >= 15 is 0 Å². The highest BCUT2D eigenvalue weighted by Gasteiger charge is 2.39. The highest BCUT2D eigenvalue weighted by Crippen LogP contribution is 2.18. The van der Waals surface area contributed by atoms with Gasteiger partial charge in [0.25, 0.3) is 0 Å². The standard InChI is InChI=1S/C12H21N3O5/c1-14-2-3-20-9(7-14)5-13-12(19)15-6-8(16)4-10(15)11(17)18/h8-10,16H,2-7H2,1H3,(H,13,19)(H,17,18)/t8?,9?,10-/m0/s1. The molecule has 8 nitrogen and oxygen atoms in total. The lowest BCUT2D eigenvalue weighted by Gasteiger charge is -2.31. The van der Waals surface area contributed by atoms with Gasteiger partial charge < -0.3 is 30.1 Å². The minimum absolute atomic E-state index is 0.0498. The summed E-state index contributed by atoms with van der Waals surface area (Å²) in [5, 5.41) is 21.2. The van der Waals surface area contributed by atoms with Crippen LogP contribution in [0.4, 0.5) is 4.79 Å². The lowest BCUT2D eigenvalue weighted by Crippen LogP contribution is -2.51. The smallest absolute Gasteiger partial charge is 0.326 e. The minimum Gasteiger partial charge on any atom is -0.480 e. The van der Waals surface area contributed by atoms with Gasteiger partial charge in [-0.15, -0.1) is 0 Å². The molecule has 2 fully saturated rings. The van der Waals surface area contributed by atoms with Gasteiger partial charge in [0, 0.05) is 32.6 Å². The fourth-order valence-electron chi connectivity index (χ4n) is 2.57. The van der Waals surface area contributed by atoms with Crippen LogP contribution in [0.1, 0.15) is 6.42 Å². The van der Waals surface area contributed by atoms with E-state index in [-0.39, 0.29) is 19.1 Å². The van der Waals surface area contributed by atoms with E-state index in [4.69, 9.17) is 9.84 Å². The fraction of sp³-hybridized carbons (Fsp3) is 0.833. The van der Waals surface area contributed by atoms with Crippen LogP contribution < -0.4 is 5.32 Å². The van der Waals surface area contributed by atoms with Crippen LogP contribution >= 0.6 is 0 Å². The van der Waals surface area contributed by atoms with Crippen LogP contribution in [-0.2, 0) is 9.53 Å². The quantitative estimate of drug-likeness (QED) is 0.587. The number of aliphatic hydroxyl groups excluding tert-OH is 1. The molecule has 2 aliphatic rings. The molecule has 0 aromatic rings. The zero-order chi connectivity index (χ0) is 14.7. The molecule has 20 heavy (non-hydrogen) atoms. The van der Waals surface area contributed by atoms with Crippen LogP contribution in [0.3, 0.4) is 0 Å². The Bertz CT molecular complexity index is 378. The Kier molecular flexibility index (Phi) is 4.79. The predicted molar refractivity (Wildman–Crippen MR) is 69.4 cm³/mol. The molecule has 0 spiro atoms. The lowest BCUT2D eigenvalue weighted by atomic mass is 10.2. The largest absolute Gasteiger partial charge is 0.480 e. The van der Waals surface area contributed by atoms with Gasteiger partial charge in [0.15, 0.2) is 0 Å². The average molecular weight is 287 g/mol. The number of hydrogen-bond donors (Lipinski definition) is 3. The Hall–Kier alpha value is -1.38. The summed E-state index contributed by atoms with van der Waals surface area (Å²) in [5.41, 5.74) is 0. The molecule has 0 saturated carbocycles. The van der Waals surface area contributed by atoms with Crippen molar-refractivity contribution in [1.82, 2.24) is 15.1 Å². The number of nitrogens with zero attached hydrogens (tertiary/aromatic N) is 2. The maximum Gasteiger partial charge on any atom is 0.326 e. The average Bonchev–Trinajstić information content (AvgIpc) is 2.78. The fourth-order valence-corrected chi connectivity index (χ4v) is 2.57. The number of aliphatic hydroxyl groups is 1. The third kappa shape index (κ3) is 3.59. The van der Waals surface area contributed by atoms with Gasteiger partial charge in [-0.25, -0.2) is 9.59 Å². The number of aliphatic carboxylic acids is 1. The van der Waals surface area contributed by atoms with Gasteiger partial charge in [-0.1, -0.05) is 0 Å². The number of amides is 2. The summed E-state index contributed by atoms with van der Waals surface area (Å²) in [6, 6.07) is -1.43. The van der Waals surface area contributed by atoms with Gasteiger partial charge in [0.1, 0.15) is 6.04 Å². The lowest BCUT2D eigenvalue weighted by molar-refractivity contribution is -0.141. The van der Waals surface area contributed by atoms with Crippen molar-refractivity contribution in [3.63, 3.8) is 0 Å². The number of carbonyl (C=O) groups is 2. The highest BCUT2D eigenvalue weighted by atomic mass is 16.5. The second-order valence-electron chi connectivity index (χ2n) is 5.34. The monoisotopic (exact) mass is 287 g/mol. The van der Waals surface area contributed by atoms with Gasteiger partial charge in [-0.2, -0.15) is 0 Å². The Morgan fingerprint density at radius 3 is 2.80 bits per heavy atom.